The van der Waals surface area contributed by atoms with Crippen LogP contribution in [0.4, 0.5) is 5.82 Å². The SMILES string of the molecule is Cc1nc(NC2CCCc3ccccc32)cc(-c2ccccc2Cl)n1. The molecular formula is C21H20ClN3. The van der Waals surface area contributed by atoms with Crippen LogP contribution in [0, 0.1) is 6.92 Å². The number of hydrogen-bond acceptors (Lipinski definition) is 3. The van der Waals surface area contributed by atoms with Gasteiger partial charge in [0.25, 0.3) is 0 Å². The van der Waals surface area contributed by atoms with Gasteiger partial charge < -0.3 is 5.32 Å². The Balaban J connectivity index is 1.67. The largest absolute Gasteiger partial charge is 0.363 e. The van der Waals surface area contributed by atoms with Gasteiger partial charge in [-0.2, -0.15) is 0 Å². The Morgan fingerprint density at radius 1 is 1.04 bits per heavy atom. The standard InChI is InChI=1S/C21H20ClN3/c1-14-23-20(17-10-4-5-11-18(17)22)13-21(24-14)25-19-12-6-8-15-7-2-3-9-16(15)19/h2-5,7,9-11,13,19H,6,8,12H2,1H3,(H,23,24,25). The molecule has 0 spiro atoms. The first-order chi connectivity index (χ1) is 12.2. The summed E-state index contributed by atoms with van der Waals surface area (Å²) >= 11 is 6.34. The highest BCUT2D eigenvalue weighted by atomic mass is 35.5. The maximum absolute atomic E-state index is 6.34. The summed E-state index contributed by atoms with van der Waals surface area (Å²) in [7, 11) is 0. The Kier molecular flexibility index (Phi) is 4.41. The smallest absolute Gasteiger partial charge is 0.130 e. The number of anilines is 1. The van der Waals surface area contributed by atoms with E-state index in [4.69, 9.17) is 11.6 Å². The zero-order valence-corrected chi connectivity index (χ0v) is 14.9. The van der Waals surface area contributed by atoms with Gasteiger partial charge in [-0.25, -0.2) is 9.97 Å². The number of hydrogen-bond donors (Lipinski definition) is 1. The van der Waals surface area contributed by atoms with Gasteiger partial charge in [0.2, 0.25) is 0 Å². The molecule has 1 aliphatic rings. The van der Waals surface area contributed by atoms with Crippen molar-refractivity contribution in [3.8, 4) is 11.3 Å². The molecule has 1 aliphatic carbocycles. The molecular weight excluding hydrogens is 330 g/mol. The van der Waals surface area contributed by atoms with Crippen LogP contribution in [0.15, 0.2) is 54.6 Å². The molecule has 1 heterocycles. The van der Waals surface area contributed by atoms with E-state index in [1.165, 1.54) is 17.5 Å². The number of aryl methyl sites for hydroxylation is 2. The third-order valence-corrected chi connectivity index (χ3v) is 5.01. The summed E-state index contributed by atoms with van der Waals surface area (Å²) in [5, 5.41) is 4.32. The quantitative estimate of drug-likeness (QED) is 0.669. The summed E-state index contributed by atoms with van der Waals surface area (Å²) in [6, 6.07) is 18.7. The van der Waals surface area contributed by atoms with Crippen molar-refractivity contribution in [2.24, 2.45) is 0 Å². The Labute approximate surface area is 153 Å². The fourth-order valence-corrected chi connectivity index (χ4v) is 3.76. The van der Waals surface area contributed by atoms with Crippen LogP contribution in [0.2, 0.25) is 5.02 Å². The summed E-state index contributed by atoms with van der Waals surface area (Å²) in [5.74, 6) is 1.59. The van der Waals surface area contributed by atoms with Crippen LogP contribution in [0.3, 0.4) is 0 Å². The molecule has 3 nitrogen and oxygen atoms in total. The maximum atomic E-state index is 6.34. The average molecular weight is 350 g/mol. The first-order valence-electron chi connectivity index (χ1n) is 8.65. The van der Waals surface area contributed by atoms with Gasteiger partial charge in [-0.3, -0.25) is 0 Å². The Morgan fingerprint density at radius 2 is 1.84 bits per heavy atom. The monoisotopic (exact) mass is 349 g/mol. The Bertz CT molecular complexity index is 907. The van der Waals surface area contributed by atoms with E-state index >= 15 is 0 Å². The summed E-state index contributed by atoms with van der Waals surface area (Å²) in [6.07, 6.45) is 3.46. The molecule has 1 atom stereocenters. The lowest BCUT2D eigenvalue weighted by Crippen LogP contribution is -2.18. The molecule has 126 valence electrons. The van der Waals surface area contributed by atoms with Gasteiger partial charge >= 0.3 is 0 Å². The zero-order valence-electron chi connectivity index (χ0n) is 14.2. The van der Waals surface area contributed by atoms with E-state index in [9.17, 15) is 0 Å². The lowest BCUT2D eigenvalue weighted by Gasteiger charge is -2.27. The highest BCUT2D eigenvalue weighted by Gasteiger charge is 2.20. The second-order valence-corrected chi connectivity index (χ2v) is 6.86. The number of benzene rings is 2. The molecule has 0 radical (unpaired) electrons. The molecule has 0 aliphatic heterocycles. The molecule has 1 unspecified atom stereocenters. The molecule has 0 saturated carbocycles. The van der Waals surface area contributed by atoms with Gasteiger partial charge in [0.1, 0.15) is 11.6 Å². The molecule has 0 amide bonds. The van der Waals surface area contributed by atoms with Crippen molar-refractivity contribution in [1.29, 1.82) is 0 Å². The second-order valence-electron chi connectivity index (χ2n) is 6.45. The number of nitrogens with one attached hydrogen (secondary N) is 1. The third kappa shape index (κ3) is 3.38. The molecule has 0 saturated heterocycles. The lowest BCUT2D eigenvalue weighted by atomic mass is 9.88. The van der Waals surface area contributed by atoms with Crippen molar-refractivity contribution in [3.05, 3.63) is 76.6 Å². The van der Waals surface area contributed by atoms with Crippen LogP contribution >= 0.6 is 11.6 Å². The van der Waals surface area contributed by atoms with Crippen molar-refractivity contribution in [2.45, 2.75) is 32.2 Å². The third-order valence-electron chi connectivity index (χ3n) is 4.68. The topological polar surface area (TPSA) is 37.8 Å². The summed E-state index contributed by atoms with van der Waals surface area (Å²) < 4.78 is 0. The molecule has 3 aromatic rings. The minimum absolute atomic E-state index is 0.290. The van der Waals surface area contributed by atoms with E-state index in [2.05, 4.69) is 39.6 Å². The minimum Gasteiger partial charge on any atom is -0.363 e. The zero-order chi connectivity index (χ0) is 17.2. The Hall–Kier alpha value is -2.39. The fourth-order valence-electron chi connectivity index (χ4n) is 3.53. The first-order valence-corrected chi connectivity index (χ1v) is 9.03. The second kappa shape index (κ2) is 6.85. The van der Waals surface area contributed by atoms with E-state index in [0.29, 0.717) is 11.1 Å². The minimum atomic E-state index is 0.290. The van der Waals surface area contributed by atoms with Gasteiger partial charge in [0.15, 0.2) is 0 Å². The molecule has 2 aromatic carbocycles. The van der Waals surface area contributed by atoms with E-state index in [0.717, 1.165) is 35.7 Å². The predicted octanol–water partition coefficient (Wildman–Crippen LogP) is 5.59. The van der Waals surface area contributed by atoms with Crippen LogP contribution in [-0.4, -0.2) is 9.97 Å². The lowest BCUT2D eigenvalue weighted by molar-refractivity contribution is 0.598. The molecule has 25 heavy (non-hydrogen) atoms. The van der Waals surface area contributed by atoms with Crippen LogP contribution in [0.25, 0.3) is 11.3 Å². The number of fused-ring (bicyclic) bond motifs is 1. The normalized spacial score (nSPS) is 16.3. The Morgan fingerprint density at radius 3 is 2.72 bits per heavy atom. The van der Waals surface area contributed by atoms with Gasteiger partial charge in [0.05, 0.1) is 11.7 Å². The molecule has 0 bridgehead atoms. The van der Waals surface area contributed by atoms with Crippen molar-refractivity contribution < 1.29 is 0 Å². The number of halogens is 1. The molecule has 1 N–H and O–H groups in total. The predicted molar refractivity (Wildman–Crippen MR) is 103 cm³/mol. The first kappa shape index (κ1) is 16.1. The number of aromatic nitrogens is 2. The van der Waals surface area contributed by atoms with Gasteiger partial charge in [0, 0.05) is 16.7 Å². The summed E-state index contributed by atoms with van der Waals surface area (Å²) in [6.45, 7) is 1.92. The molecule has 4 heteroatoms. The number of nitrogens with zero attached hydrogens (tertiary/aromatic N) is 2. The summed E-state index contributed by atoms with van der Waals surface area (Å²) in [4.78, 5) is 9.16. The van der Waals surface area contributed by atoms with Gasteiger partial charge in [-0.05, 0) is 43.4 Å². The average Bonchev–Trinajstić information content (AvgIpc) is 2.62. The number of rotatable bonds is 3. The maximum Gasteiger partial charge on any atom is 0.130 e. The van der Waals surface area contributed by atoms with E-state index in [1.54, 1.807) is 0 Å². The van der Waals surface area contributed by atoms with E-state index < -0.39 is 0 Å². The van der Waals surface area contributed by atoms with Crippen LogP contribution in [0.1, 0.15) is 35.8 Å². The van der Waals surface area contributed by atoms with Gasteiger partial charge in [-0.1, -0.05) is 54.1 Å². The fraction of sp³-hybridized carbons (Fsp3) is 0.238. The highest BCUT2D eigenvalue weighted by molar-refractivity contribution is 6.33. The molecule has 4 rings (SSSR count). The van der Waals surface area contributed by atoms with Crippen LogP contribution < -0.4 is 5.32 Å². The van der Waals surface area contributed by atoms with Crippen LogP contribution in [-0.2, 0) is 6.42 Å². The van der Waals surface area contributed by atoms with E-state index in [1.807, 2.05) is 37.3 Å². The molecule has 1 aromatic heterocycles. The van der Waals surface area contributed by atoms with Crippen molar-refractivity contribution in [2.75, 3.05) is 5.32 Å². The van der Waals surface area contributed by atoms with Crippen molar-refractivity contribution >= 4 is 17.4 Å². The summed E-state index contributed by atoms with van der Waals surface area (Å²) in [5.41, 5.74) is 4.60. The van der Waals surface area contributed by atoms with Crippen molar-refractivity contribution in [3.63, 3.8) is 0 Å². The van der Waals surface area contributed by atoms with Crippen LogP contribution in [0.5, 0.6) is 0 Å². The van der Waals surface area contributed by atoms with Gasteiger partial charge in [-0.15, -0.1) is 0 Å². The highest BCUT2D eigenvalue weighted by Crippen LogP contribution is 2.33. The van der Waals surface area contributed by atoms with Crippen molar-refractivity contribution in [1.82, 2.24) is 9.97 Å². The van der Waals surface area contributed by atoms with E-state index in [-0.39, 0.29) is 0 Å². The molecule has 0 fully saturated rings.